The lowest BCUT2D eigenvalue weighted by molar-refractivity contribution is -0.137. The van der Waals surface area contributed by atoms with E-state index in [9.17, 15) is 23.2 Å². The van der Waals surface area contributed by atoms with Gasteiger partial charge >= 0.3 is 6.18 Å². The summed E-state index contributed by atoms with van der Waals surface area (Å²) in [5.74, 6) is -0.122. The molecule has 11 heteroatoms. The Labute approximate surface area is 229 Å². The monoisotopic (exact) mass is 612 g/mol. The maximum Gasteiger partial charge on any atom is 0.416 e. The molecule has 0 bridgehead atoms. The van der Waals surface area contributed by atoms with Crippen LogP contribution in [-0.4, -0.2) is 12.5 Å². The quantitative estimate of drug-likeness (QED) is 0.205. The SMILES string of the molecule is CCOc1cc(/C=C(/C#N)C(=O)Nc2cccc(C(F)(F)F)c2)c(Br)cc1OCc1ccc(Cl)c(Cl)c1. The maximum absolute atomic E-state index is 13.0. The first-order valence-electron chi connectivity index (χ1n) is 10.6. The lowest BCUT2D eigenvalue weighted by Gasteiger charge is -2.14. The number of hydrogen-bond acceptors (Lipinski definition) is 4. The first-order chi connectivity index (χ1) is 17.5. The van der Waals surface area contributed by atoms with Crippen LogP contribution in [0.5, 0.6) is 11.5 Å². The molecule has 0 atom stereocenters. The number of halogens is 6. The van der Waals surface area contributed by atoms with Gasteiger partial charge in [-0.2, -0.15) is 18.4 Å². The Bertz CT molecular complexity index is 1390. The minimum atomic E-state index is -4.57. The van der Waals surface area contributed by atoms with E-state index in [-0.39, 0.29) is 17.9 Å². The fourth-order valence-corrected chi connectivity index (χ4v) is 3.87. The van der Waals surface area contributed by atoms with Gasteiger partial charge in [-0.1, -0.05) is 51.3 Å². The Hall–Kier alpha value is -3.19. The molecular formula is C26H18BrCl2F3N2O3. The van der Waals surface area contributed by atoms with E-state index in [1.54, 1.807) is 43.3 Å². The minimum absolute atomic E-state index is 0.0962. The number of rotatable bonds is 8. The highest BCUT2D eigenvalue weighted by atomic mass is 79.9. The van der Waals surface area contributed by atoms with E-state index in [1.165, 1.54) is 12.1 Å². The van der Waals surface area contributed by atoms with Gasteiger partial charge in [0.15, 0.2) is 11.5 Å². The third-order valence-electron chi connectivity index (χ3n) is 4.85. The highest BCUT2D eigenvalue weighted by molar-refractivity contribution is 9.10. The lowest BCUT2D eigenvalue weighted by Crippen LogP contribution is -2.14. The molecule has 0 radical (unpaired) electrons. The first kappa shape index (κ1) is 28.4. The molecule has 3 aromatic rings. The van der Waals surface area contributed by atoms with E-state index < -0.39 is 17.6 Å². The first-order valence-corrected chi connectivity index (χ1v) is 12.2. The Balaban J connectivity index is 1.85. The van der Waals surface area contributed by atoms with Crippen molar-refractivity contribution in [1.82, 2.24) is 0 Å². The summed E-state index contributed by atoms with van der Waals surface area (Å²) >= 11 is 15.4. The van der Waals surface area contributed by atoms with Gasteiger partial charge in [-0.15, -0.1) is 0 Å². The highest BCUT2D eigenvalue weighted by Crippen LogP contribution is 2.36. The van der Waals surface area contributed by atoms with Crippen LogP contribution >= 0.6 is 39.1 Å². The number of nitriles is 1. The predicted molar refractivity (Wildman–Crippen MR) is 140 cm³/mol. The zero-order valence-electron chi connectivity index (χ0n) is 19.1. The van der Waals surface area contributed by atoms with Crippen LogP contribution in [0.1, 0.15) is 23.6 Å². The van der Waals surface area contributed by atoms with Gasteiger partial charge in [0.25, 0.3) is 5.91 Å². The number of benzene rings is 3. The summed E-state index contributed by atoms with van der Waals surface area (Å²) in [7, 11) is 0. The van der Waals surface area contributed by atoms with Gasteiger partial charge in [0.2, 0.25) is 0 Å². The molecule has 0 aliphatic carbocycles. The zero-order chi connectivity index (χ0) is 27.2. The molecule has 37 heavy (non-hydrogen) atoms. The number of carbonyl (C=O) groups excluding carboxylic acids is 1. The molecule has 0 fully saturated rings. The van der Waals surface area contributed by atoms with E-state index >= 15 is 0 Å². The molecule has 0 spiro atoms. The van der Waals surface area contributed by atoms with Crippen LogP contribution in [-0.2, 0) is 17.6 Å². The van der Waals surface area contributed by atoms with E-state index in [2.05, 4.69) is 21.2 Å². The Morgan fingerprint density at radius 1 is 1.08 bits per heavy atom. The summed E-state index contributed by atoms with van der Waals surface area (Å²) in [6, 6.07) is 14.2. The van der Waals surface area contributed by atoms with Crippen LogP contribution in [0.15, 0.2) is 64.6 Å². The van der Waals surface area contributed by atoms with Crippen molar-refractivity contribution in [2.24, 2.45) is 0 Å². The molecule has 1 N–H and O–H groups in total. The topological polar surface area (TPSA) is 71.3 Å². The van der Waals surface area contributed by atoms with Crippen LogP contribution < -0.4 is 14.8 Å². The molecule has 0 saturated carbocycles. The smallest absolute Gasteiger partial charge is 0.416 e. The van der Waals surface area contributed by atoms with Crippen molar-refractivity contribution in [3.05, 3.63) is 91.4 Å². The minimum Gasteiger partial charge on any atom is -0.490 e. The van der Waals surface area contributed by atoms with E-state index in [4.69, 9.17) is 32.7 Å². The summed E-state index contributed by atoms with van der Waals surface area (Å²) < 4.78 is 50.9. The Morgan fingerprint density at radius 3 is 2.46 bits per heavy atom. The van der Waals surface area contributed by atoms with Crippen LogP contribution in [0.4, 0.5) is 18.9 Å². The molecule has 3 rings (SSSR count). The molecule has 192 valence electrons. The van der Waals surface area contributed by atoms with Crippen LogP contribution in [0, 0.1) is 11.3 Å². The van der Waals surface area contributed by atoms with Gasteiger partial charge in [0.05, 0.1) is 22.2 Å². The van der Waals surface area contributed by atoms with Crippen molar-refractivity contribution in [3.63, 3.8) is 0 Å². The van der Waals surface area contributed by atoms with E-state index in [0.717, 1.165) is 23.8 Å². The summed E-state index contributed by atoms with van der Waals surface area (Å²) in [5.41, 5.74) is -0.157. The van der Waals surface area contributed by atoms with Gasteiger partial charge in [-0.05, 0) is 66.6 Å². The Morgan fingerprint density at radius 2 is 1.81 bits per heavy atom. The van der Waals surface area contributed by atoms with Crippen molar-refractivity contribution >= 4 is 56.8 Å². The summed E-state index contributed by atoms with van der Waals surface area (Å²) in [6.07, 6.45) is -3.28. The molecular weight excluding hydrogens is 596 g/mol. The third kappa shape index (κ3) is 7.65. The zero-order valence-corrected chi connectivity index (χ0v) is 22.2. The number of amides is 1. The molecule has 0 saturated heterocycles. The molecule has 0 aliphatic rings. The number of nitrogens with one attached hydrogen (secondary N) is 1. The van der Waals surface area contributed by atoms with Crippen molar-refractivity contribution in [2.75, 3.05) is 11.9 Å². The van der Waals surface area contributed by atoms with Crippen molar-refractivity contribution in [2.45, 2.75) is 19.7 Å². The average Bonchev–Trinajstić information content (AvgIpc) is 2.84. The number of hydrogen-bond donors (Lipinski definition) is 1. The van der Waals surface area contributed by atoms with E-state index in [1.807, 2.05) is 0 Å². The fourth-order valence-electron chi connectivity index (χ4n) is 3.11. The summed E-state index contributed by atoms with van der Waals surface area (Å²) in [5, 5.41) is 12.7. The van der Waals surface area contributed by atoms with Crippen LogP contribution in [0.2, 0.25) is 10.0 Å². The highest BCUT2D eigenvalue weighted by Gasteiger charge is 2.30. The second-order valence-electron chi connectivity index (χ2n) is 7.49. The second kappa shape index (κ2) is 12.4. The fraction of sp³-hybridized carbons (Fsp3) is 0.154. The average molecular weight is 614 g/mol. The van der Waals surface area contributed by atoms with Crippen molar-refractivity contribution in [3.8, 4) is 17.6 Å². The number of carbonyl (C=O) groups is 1. The van der Waals surface area contributed by atoms with Gasteiger partial charge in [0, 0.05) is 10.2 Å². The summed E-state index contributed by atoms with van der Waals surface area (Å²) in [6.45, 7) is 2.26. The molecule has 1 amide bonds. The largest absolute Gasteiger partial charge is 0.490 e. The number of ether oxygens (including phenoxy) is 2. The molecule has 0 unspecified atom stereocenters. The third-order valence-corrected chi connectivity index (χ3v) is 6.28. The molecule has 3 aromatic carbocycles. The lowest BCUT2D eigenvalue weighted by atomic mass is 10.1. The van der Waals surface area contributed by atoms with Gasteiger partial charge in [-0.25, -0.2) is 0 Å². The van der Waals surface area contributed by atoms with E-state index in [0.29, 0.717) is 38.2 Å². The number of anilines is 1. The maximum atomic E-state index is 13.0. The molecule has 5 nitrogen and oxygen atoms in total. The van der Waals surface area contributed by atoms with Gasteiger partial charge in [-0.3, -0.25) is 4.79 Å². The van der Waals surface area contributed by atoms with Gasteiger partial charge in [0.1, 0.15) is 18.2 Å². The standard InChI is InChI=1S/C26H18BrCl2F3N2O3/c1-2-36-23-10-16(20(27)12-24(23)37-14-15-6-7-21(28)22(29)8-15)9-17(13-33)25(35)34-19-5-3-4-18(11-19)26(30,31)32/h3-12H,2,14H2,1H3,(H,34,35)/b17-9-. The number of nitrogens with zero attached hydrogens (tertiary/aromatic N) is 1. The molecule has 0 aromatic heterocycles. The summed E-state index contributed by atoms with van der Waals surface area (Å²) in [4.78, 5) is 12.6. The predicted octanol–water partition coefficient (Wildman–Crippen LogP) is 8.30. The van der Waals surface area contributed by atoms with Crippen molar-refractivity contribution < 1.29 is 27.4 Å². The van der Waals surface area contributed by atoms with Crippen LogP contribution in [0.3, 0.4) is 0 Å². The van der Waals surface area contributed by atoms with Crippen LogP contribution in [0.25, 0.3) is 6.08 Å². The molecule has 0 aliphatic heterocycles. The van der Waals surface area contributed by atoms with Crippen molar-refractivity contribution in [1.29, 1.82) is 5.26 Å². The van der Waals surface area contributed by atoms with Gasteiger partial charge < -0.3 is 14.8 Å². The molecule has 0 heterocycles. The normalized spacial score (nSPS) is 11.6. The Kier molecular flexibility index (Phi) is 9.49. The second-order valence-corrected chi connectivity index (χ2v) is 9.16. The number of alkyl halides is 3.